The van der Waals surface area contributed by atoms with Crippen LogP contribution < -0.4 is 5.32 Å². The highest BCUT2D eigenvalue weighted by molar-refractivity contribution is 7.78. The molecule has 9 nitrogen and oxygen atoms in total. The van der Waals surface area contributed by atoms with Crippen molar-refractivity contribution >= 4 is 23.1 Å². The first-order valence-electron chi connectivity index (χ1n) is 9.59. The molecule has 1 aliphatic rings. The first-order valence-corrected chi connectivity index (χ1v) is 10.9. The molecular formula is C20H24N4O5S. The Morgan fingerprint density at radius 3 is 2.60 bits per heavy atom. The molecule has 2 N–H and O–H groups in total. The normalized spacial score (nSPS) is 15.5. The van der Waals surface area contributed by atoms with Gasteiger partial charge < -0.3 is 19.5 Å². The monoisotopic (exact) mass is 432 g/mol. The number of nitrogens with zero attached hydrogens (tertiary/aromatic N) is 3. The number of hydrogen-bond acceptors (Lipinski definition) is 6. The van der Waals surface area contributed by atoms with Crippen LogP contribution in [0.25, 0.3) is 0 Å². The largest absolute Gasteiger partial charge is 0.445 e. The number of ether oxygens (including phenoxy) is 1. The van der Waals surface area contributed by atoms with Crippen LogP contribution in [0, 0.1) is 6.92 Å². The number of aryl methyl sites for hydroxylation is 1. The van der Waals surface area contributed by atoms with Gasteiger partial charge in [-0.05, 0) is 25.3 Å². The van der Waals surface area contributed by atoms with Gasteiger partial charge in [-0.3, -0.25) is 4.79 Å². The Balaban J connectivity index is 1.46. The van der Waals surface area contributed by atoms with Crippen LogP contribution in [0.4, 0.5) is 4.79 Å². The van der Waals surface area contributed by atoms with Crippen LogP contribution in [-0.2, 0) is 28.2 Å². The van der Waals surface area contributed by atoms with Crippen molar-refractivity contribution in [3.05, 3.63) is 59.2 Å². The fraction of sp³-hybridized carbons (Fsp3) is 0.400. The smallest absolute Gasteiger partial charge is 0.410 e. The number of benzene rings is 1. The predicted molar refractivity (Wildman–Crippen MR) is 110 cm³/mol. The van der Waals surface area contributed by atoms with Gasteiger partial charge in [0, 0.05) is 25.3 Å². The maximum absolute atomic E-state index is 12.5. The molecular weight excluding hydrogens is 408 g/mol. The van der Waals surface area contributed by atoms with E-state index in [-0.39, 0.29) is 36.2 Å². The summed E-state index contributed by atoms with van der Waals surface area (Å²) in [6.07, 6.45) is 2.25. The van der Waals surface area contributed by atoms with Crippen molar-refractivity contribution in [2.24, 2.45) is 0 Å². The lowest BCUT2D eigenvalue weighted by molar-refractivity contribution is 0.0808. The van der Waals surface area contributed by atoms with Crippen molar-refractivity contribution < 1.29 is 23.1 Å². The minimum absolute atomic E-state index is 0.0697. The Kier molecular flexibility index (Phi) is 7.47. The molecule has 1 fully saturated rings. The standard InChI is InChI=1S/C20H24N4O5S/c1-14-17(11-21-18(22-14)13-30(27)28)19(25)23-16-7-9-24(10-8-16)20(26)29-12-15-5-3-2-4-6-15/h2-6,11,16H,7-10,12-13H2,1H3,(H,23,25)(H,27,28). The molecule has 0 radical (unpaired) electrons. The van der Waals surface area contributed by atoms with Crippen LogP contribution in [0.3, 0.4) is 0 Å². The summed E-state index contributed by atoms with van der Waals surface area (Å²) < 4.78 is 25.1. The van der Waals surface area contributed by atoms with Crippen LogP contribution >= 0.6 is 0 Å². The maximum Gasteiger partial charge on any atom is 0.410 e. The second kappa shape index (κ2) is 10.3. The second-order valence-electron chi connectivity index (χ2n) is 7.03. The highest BCUT2D eigenvalue weighted by Gasteiger charge is 2.25. The van der Waals surface area contributed by atoms with Gasteiger partial charge in [0.2, 0.25) is 0 Å². The van der Waals surface area contributed by atoms with E-state index in [1.54, 1.807) is 11.8 Å². The lowest BCUT2D eigenvalue weighted by Gasteiger charge is -2.31. The van der Waals surface area contributed by atoms with Gasteiger partial charge in [-0.1, -0.05) is 30.3 Å². The Labute approximate surface area is 177 Å². The van der Waals surface area contributed by atoms with Crippen molar-refractivity contribution in [1.82, 2.24) is 20.2 Å². The minimum Gasteiger partial charge on any atom is -0.445 e. The summed E-state index contributed by atoms with van der Waals surface area (Å²) in [5.41, 5.74) is 1.71. The van der Waals surface area contributed by atoms with Gasteiger partial charge in [0.1, 0.15) is 18.2 Å². The molecule has 160 valence electrons. The van der Waals surface area contributed by atoms with Gasteiger partial charge in [-0.25, -0.2) is 19.0 Å². The Hall–Kier alpha value is -2.85. The van der Waals surface area contributed by atoms with E-state index in [9.17, 15) is 13.8 Å². The van der Waals surface area contributed by atoms with Crippen LogP contribution in [0.2, 0.25) is 0 Å². The van der Waals surface area contributed by atoms with E-state index in [4.69, 9.17) is 9.29 Å². The lowest BCUT2D eigenvalue weighted by atomic mass is 10.0. The van der Waals surface area contributed by atoms with Gasteiger partial charge >= 0.3 is 6.09 Å². The number of aromatic nitrogens is 2. The molecule has 1 aromatic heterocycles. The molecule has 30 heavy (non-hydrogen) atoms. The lowest BCUT2D eigenvalue weighted by Crippen LogP contribution is -2.46. The van der Waals surface area contributed by atoms with Crippen LogP contribution in [-0.4, -0.2) is 54.8 Å². The summed E-state index contributed by atoms with van der Waals surface area (Å²) in [5.74, 6) is -0.261. The zero-order valence-electron chi connectivity index (χ0n) is 16.6. The summed E-state index contributed by atoms with van der Waals surface area (Å²) in [7, 11) is 0. The van der Waals surface area contributed by atoms with E-state index >= 15 is 0 Å². The summed E-state index contributed by atoms with van der Waals surface area (Å²) >= 11 is -2.04. The summed E-state index contributed by atoms with van der Waals surface area (Å²) in [6, 6.07) is 9.42. The molecule has 1 aliphatic heterocycles. The van der Waals surface area contributed by atoms with Crippen LogP contribution in [0.5, 0.6) is 0 Å². The number of likely N-dealkylation sites (tertiary alicyclic amines) is 1. The molecule has 2 amide bonds. The van der Waals surface area contributed by atoms with Gasteiger partial charge in [-0.15, -0.1) is 0 Å². The fourth-order valence-electron chi connectivity index (χ4n) is 3.20. The quantitative estimate of drug-likeness (QED) is 0.670. The van der Waals surface area contributed by atoms with Gasteiger partial charge in [-0.2, -0.15) is 0 Å². The number of carbonyl (C=O) groups excluding carboxylic acids is 2. The van der Waals surface area contributed by atoms with Gasteiger partial charge in [0.05, 0.1) is 11.3 Å². The van der Waals surface area contributed by atoms with Crippen molar-refractivity contribution in [1.29, 1.82) is 0 Å². The zero-order chi connectivity index (χ0) is 21.5. The van der Waals surface area contributed by atoms with E-state index in [1.165, 1.54) is 6.20 Å². The Morgan fingerprint density at radius 2 is 1.97 bits per heavy atom. The molecule has 1 aromatic carbocycles. The number of rotatable bonds is 6. The number of hydrogen-bond donors (Lipinski definition) is 2. The second-order valence-corrected chi connectivity index (χ2v) is 7.96. The van der Waals surface area contributed by atoms with Gasteiger partial charge in [0.25, 0.3) is 5.91 Å². The highest BCUT2D eigenvalue weighted by atomic mass is 32.2. The van der Waals surface area contributed by atoms with Crippen molar-refractivity contribution in [2.75, 3.05) is 13.1 Å². The third kappa shape index (κ3) is 6.07. The molecule has 2 aromatic rings. The predicted octanol–water partition coefficient (Wildman–Crippen LogP) is 2.04. The molecule has 10 heteroatoms. The molecule has 0 saturated carbocycles. The summed E-state index contributed by atoms with van der Waals surface area (Å²) in [4.78, 5) is 34.5. The maximum atomic E-state index is 12.5. The summed E-state index contributed by atoms with van der Waals surface area (Å²) in [6.45, 7) is 2.88. The van der Waals surface area contributed by atoms with Crippen molar-refractivity contribution in [3.63, 3.8) is 0 Å². The van der Waals surface area contributed by atoms with Crippen molar-refractivity contribution in [3.8, 4) is 0 Å². The fourth-order valence-corrected chi connectivity index (χ4v) is 3.56. The molecule has 0 spiro atoms. The molecule has 1 unspecified atom stereocenters. The van der Waals surface area contributed by atoms with E-state index in [0.717, 1.165) is 5.56 Å². The number of amides is 2. The third-order valence-electron chi connectivity index (χ3n) is 4.82. The first-order chi connectivity index (χ1) is 14.4. The number of nitrogens with one attached hydrogen (secondary N) is 1. The molecule has 0 aliphatic carbocycles. The first kappa shape index (κ1) is 21.8. The molecule has 0 bridgehead atoms. The van der Waals surface area contributed by atoms with E-state index < -0.39 is 11.1 Å². The Bertz CT molecular complexity index is 917. The van der Waals surface area contributed by atoms with Gasteiger partial charge in [0.15, 0.2) is 11.1 Å². The van der Waals surface area contributed by atoms with Crippen molar-refractivity contribution in [2.45, 2.75) is 38.2 Å². The van der Waals surface area contributed by atoms with Crippen LogP contribution in [0.15, 0.2) is 36.5 Å². The van der Waals surface area contributed by atoms with E-state index in [0.29, 0.717) is 37.2 Å². The average molecular weight is 433 g/mol. The number of piperidine rings is 1. The SMILES string of the molecule is Cc1nc(CS(=O)O)ncc1C(=O)NC1CCN(C(=O)OCc2ccccc2)CC1. The molecule has 3 rings (SSSR count). The molecule has 1 atom stereocenters. The van der Waals surface area contributed by atoms with E-state index in [1.807, 2.05) is 30.3 Å². The van der Waals surface area contributed by atoms with E-state index in [2.05, 4.69) is 15.3 Å². The van der Waals surface area contributed by atoms with Crippen LogP contribution in [0.1, 0.15) is 40.3 Å². The average Bonchev–Trinajstić information content (AvgIpc) is 2.73. The molecule has 2 heterocycles. The number of carbonyl (C=O) groups is 2. The summed E-state index contributed by atoms with van der Waals surface area (Å²) in [5, 5.41) is 2.95. The zero-order valence-corrected chi connectivity index (χ0v) is 17.4. The minimum atomic E-state index is -2.04. The topological polar surface area (TPSA) is 122 Å². The molecule has 1 saturated heterocycles. The third-order valence-corrected chi connectivity index (χ3v) is 5.33. The Morgan fingerprint density at radius 1 is 1.27 bits per heavy atom. The highest BCUT2D eigenvalue weighted by Crippen LogP contribution is 2.14.